The molecule has 2 N–H and O–H groups in total. The first-order chi connectivity index (χ1) is 9.56. The number of hydrogen-bond donors (Lipinski definition) is 2. The first-order valence-corrected chi connectivity index (χ1v) is 7.63. The summed E-state index contributed by atoms with van der Waals surface area (Å²) in [5.41, 5.74) is 0.880. The molecule has 5 nitrogen and oxygen atoms in total. The molecular weight excluding hydrogens is 274 g/mol. The second-order valence-electron chi connectivity index (χ2n) is 5.38. The summed E-state index contributed by atoms with van der Waals surface area (Å²) >= 11 is 1.21. The second kappa shape index (κ2) is 4.70. The van der Waals surface area contributed by atoms with E-state index in [1.54, 1.807) is 0 Å². The van der Waals surface area contributed by atoms with E-state index >= 15 is 0 Å². The Hall–Kier alpha value is -1.69. The fourth-order valence-corrected chi connectivity index (χ4v) is 3.78. The fraction of sp³-hybridized carbons (Fsp3) is 0.500. The van der Waals surface area contributed by atoms with Crippen LogP contribution in [-0.2, 0) is 0 Å². The molecule has 1 aliphatic rings. The van der Waals surface area contributed by atoms with Gasteiger partial charge in [-0.2, -0.15) is 0 Å². The monoisotopic (exact) mass is 291 g/mol. The molecule has 0 unspecified atom stereocenters. The Morgan fingerprint density at radius 2 is 2.25 bits per heavy atom. The van der Waals surface area contributed by atoms with Crippen LogP contribution in [0.4, 0.5) is 5.82 Å². The average Bonchev–Trinajstić information content (AvgIpc) is 2.72. The van der Waals surface area contributed by atoms with E-state index in [1.165, 1.54) is 24.1 Å². The molecule has 106 valence electrons. The van der Waals surface area contributed by atoms with E-state index in [0.717, 1.165) is 40.9 Å². The number of aromatic carboxylic acids is 1. The summed E-state index contributed by atoms with van der Waals surface area (Å²) in [6.45, 7) is 4.00. The van der Waals surface area contributed by atoms with Crippen molar-refractivity contribution in [1.82, 2.24) is 9.97 Å². The van der Waals surface area contributed by atoms with Crippen molar-refractivity contribution in [1.29, 1.82) is 0 Å². The minimum atomic E-state index is -0.898. The molecule has 0 radical (unpaired) electrons. The molecule has 1 saturated carbocycles. The second-order valence-corrected chi connectivity index (χ2v) is 6.38. The third-order valence-electron chi connectivity index (χ3n) is 4.29. The normalized spacial score (nSPS) is 16.9. The molecule has 0 aliphatic heterocycles. The standard InChI is InChI=1S/C14H17N3O2S/c1-3-14(5-4-6-14)17-11-9-8(2)10(13(18)19)20-12(9)16-7-15-11/h7H,3-6H2,1-2H3,(H,18,19)(H,15,16,17). The van der Waals surface area contributed by atoms with Crippen LogP contribution in [-0.4, -0.2) is 26.6 Å². The van der Waals surface area contributed by atoms with Gasteiger partial charge in [-0.3, -0.25) is 0 Å². The summed E-state index contributed by atoms with van der Waals surface area (Å²) in [4.78, 5) is 20.9. The predicted molar refractivity (Wildman–Crippen MR) is 79.6 cm³/mol. The highest BCUT2D eigenvalue weighted by atomic mass is 32.1. The average molecular weight is 291 g/mol. The summed E-state index contributed by atoms with van der Waals surface area (Å²) in [7, 11) is 0. The van der Waals surface area contributed by atoms with E-state index in [9.17, 15) is 9.90 Å². The molecule has 6 heteroatoms. The third-order valence-corrected chi connectivity index (χ3v) is 5.48. The molecule has 0 amide bonds. The molecule has 2 heterocycles. The number of nitrogens with zero attached hydrogens (tertiary/aromatic N) is 2. The number of rotatable bonds is 4. The molecule has 2 aromatic rings. The van der Waals surface area contributed by atoms with Crippen molar-refractivity contribution >= 4 is 33.3 Å². The lowest BCUT2D eigenvalue weighted by Crippen LogP contribution is -2.44. The highest BCUT2D eigenvalue weighted by Gasteiger charge is 2.36. The molecule has 0 saturated heterocycles. The first kappa shape index (κ1) is 13.3. The molecule has 20 heavy (non-hydrogen) atoms. The van der Waals surface area contributed by atoms with Crippen LogP contribution in [0.1, 0.15) is 47.8 Å². The fourth-order valence-electron chi connectivity index (χ4n) is 2.79. The van der Waals surface area contributed by atoms with Gasteiger partial charge in [0.25, 0.3) is 0 Å². The Balaban J connectivity index is 2.09. The number of carboxylic acids is 1. The Morgan fingerprint density at radius 1 is 1.50 bits per heavy atom. The van der Waals surface area contributed by atoms with Gasteiger partial charge in [0.2, 0.25) is 0 Å². The van der Waals surface area contributed by atoms with Gasteiger partial charge >= 0.3 is 5.97 Å². The molecule has 0 spiro atoms. The van der Waals surface area contributed by atoms with Gasteiger partial charge in [0.15, 0.2) is 0 Å². The third kappa shape index (κ3) is 1.95. The number of nitrogens with one attached hydrogen (secondary N) is 1. The zero-order valence-corrected chi connectivity index (χ0v) is 12.4. The summed E-state index contributed by atoms with van der Waals surface area (Å²) in [6, 6.07) is 0. The van der Waals surface area contributed by atoms with E-state index in [4.69, 9.17) is 0 Å². The number of carbonyl (C=O) groups is 1. The van der Waals surface area contributed by atoms with Gasteiger partial charge in [-0.25, -0.2) is 14.8 Å². The van der Waals surface area contributed by atoms with Crippen molar-refractivity contribution in [2.75, 3.05) is 5.32 Å². The van der Waals surface area contributed by atoms with Crippen molar-refractivity contribution in [2.45, 2.75) is 45.1 Å². The molecular formula is C14H17N3O2S. The van der Waals surface area contributed by atoms with Crippen LogP contribution in [0.25, 0.3) is 10.2 Å². The van der Waals surface area contributed by atoms with E-state index in [1.807, 2.05) is 6.92 Å². The maximum atomic E-state index is 11.3. The van der Waals surface area contributed by atoms with Crippen molar-refractivity contribution in [3.63, 3.8) is 0 Å². The molecule has 1 fully saturated rings. The van der Waals surface area contributed by atoms with Crippen molar-refractivity contribution in [2.24, 2.45) is 0 Å². The van der Waals surface area contributed by atoms with Gasteiger partial charge in [-0.05, 0) is 38.2 Å². The van der Waals surface area contributed by atoms with Crippen LogP contribution in [0.5, 0.6) is 0 Å². The summed E-state index contributed by atoms with van der Waals surface area (Å²) in [5, 5.41) is 13.6. The molecule has 0 bridgehead atoms. The zero-order valence-electron chi connectivity index (χ0n) is 11.6. The van der Waals surface area contributed by atoms with Gasteiger partial charge in [0.1, 0.15) is 21.9 Å². The van der Waals surface area contributed by atoms with Gasteiger partial charge < -0.3 is 10.4 Å². The van der Waals surface area contributed by atoms with Crippen molar-refractivity contribution < 1.29 is 9.90 Å². The van der Waals surface area contributed by atoms with Crippen LogP contribution in [0, 0.1) is 6.92 Å². The summed E-state index contributed by atoms with van der Waals surface area (Å²) in [6.07, 6.45) is 6.08. The van der Waals surface area contributed by atoms with E-state index in [-0.39, 0.29) is 5.54 Å². The van der Waals surface area contributed by atoms with Crippen molar-refractivity contribution in [3.8, 4) is 0 Å². The zero-order chi connectivity index (χ0) is 14.3. The molecule has 0 atom stereocenters. The van der Waals surface area contributed by atoms with Crippen LogP contribution in [0.3, 0.4) is 0 Å². The van der Waals surface area contributed by atoms with Gasteiger partial charge in [0, 0.05) is 5.54 Å². The Kier molecular flexibility index (Phi) is 3.12. The SMILES string of the molecule is CCC1(Nc2ncnc3sc(C(=O)O)c(C)c23)CCC1. The minimum Gasteiger partial charge on any atom is -0.477 e. The topological polar surface area (TPSA) is 75.1 Å². The van der Waals surface area contributed by atoms with E-state index in [2.05, 4.69) is 22.2 Å². The number of aromatic nitrogens is 2. The van der Waals surface area contributed by atoms with Crippen LogP contribution >= 0.6 is 11.3 Å². The van der Waals surface area contributed by atoms with Crippen molar-refractivity contribution in [3.05, 3.63) is 16.8 Å². The van der Waals surface area contributed by atoms with Crippen LogP contribution in [0.2, 0.25) is 0 Å². The number of hydrogen-bond acceptors (Lipinski definition) is 5. The maximum Gasteiger partial charge on any atom is 0.346 e. The Morgan fingerprint density at radius 3 is 2.80 bits per heavy atom. The van der Waals surface area contributed by atoms with Gasteiger partial charge in [-0.1, -0.05) is 6.92 Å². The molecule has 2 aromatic heterocycles. The lowest BCUT2D eigenvalue weighted by molar-refractivity contribution is 0.0701. The van der Waals surface area contributed by atoms with Gasteiger partial charge in [-0.15, -0.1) is 11.3 Å². The quantitative estimate of drug-likeness (QED) is 0.902. The highest BCUT2D eigenvalue weighted by Crippen LogP contribution is 2.40. The highest BCUT2D eigenvalue weighted by molar-refractivity contribution is 7.20. The predicted octanol–water partition coefficient (Wildman–Crippen LogP) is 3.44. The molecule has 3 rings (SSSR count). The maximum absolute atomic E-state index is 11.3. The lowest BCUT2D eigenvalue weighted by atomic mass is 9.75. The Labute approximate surface area is 121 Å². The number of thiophene rings is 1. The van der Waals surface area contributed by atoms with E-state index < -0.39 is 5.97 Å². The molecule has 0 aromatic carbocycles. The van der Waals surface area contributed by atoms with E-state index in [0.29, 0.717) is 4.88 Å². The Bertz CT molecular complexity index is 671. The summed E-state index contributed by atoms with van der Waals surface area (Å²) in [5.74, 6) is -0.122. The van der Waals surface area contributed by atoms with Crippen LogP contribution in [0.15, 0.2) is 6.33 Å². The first-order valence-electron chi connectivity index (χ1n) is 6.82. The molecule has 1 aliphatic carbocycles. The minimum absolute atomic E-state index is 0.124. The number of anilines is 1. The lowest BCUT2D eigenvalue weighted by Gasteiger charge is -2.42. The smallest absolute Gasteiger partial charge is 0.346 e. The number of aryl methyl sites for hydroxylation is 1. The van der Waals surface area contributed by atoms with Gasteiger partial charge in [0.05, 0.1) is 5.39 Å². The summed E-state index contributed by atoms with van der Waals surface area (Å²) < 4.78 is 0. The number of carboxylic acid groups (broad SMARTS) is 1. The number of fused-ring (bicyclic) bond motifs is 1. The van der Waals surface area contributed by atoms with Crippen LogP contribution < -0.4 is 5.32 Å². The largest absolute Gasteiger partial charge is 0.477 e.